The van der Waals surface area contributed by atoms with Crippen molar-refractivity contribution in [3.05, 3.63) is 53.3 Å². The van der Waals surface area contributed by atoms with Crippen molar-refractivity contribution in [2.24, 2.45) is 0 Å². The number of nitrogens with one attached hydrogen (secondary N) is 1. The molecule has 0 spiro atoms. The highest BCUT2D eigenvalue weighted by Gasteiger charge is 2.18. The van der Waals surface area contributed by atoms with Crippen LogP contribution in [0.2, 0.25) is 0 Å². The van der Waals surface area contributed by atoms with Gasteiger partial charge >= 0.3 is 0 Å². The molecule has 0 atom stereocenters. The maximum Gasteiger partial charge on any atom is 0.246 e. The summed E-state index contributed by atoms with van der Waals surface area (Å²) in [6.07, 6.45) is 0. The molecule has 3 heterocycles. The topological polar surface area (TPSA) is 32.8 Å². The lowest BCUT2D eigenvalue weighted by Crippen LogP contribution is -2.31. The second kappa shape index (κ2) is 3.79. The molecule has 3 nitrogen and oxygen atoms in total. The maximum atomic E-state index is 4.75. The van der Waals surface area contributed by atoms with E-state index in [1.54, 1.807) is 0 Å². The Morgan fingerprint density at radius 3 is 2.65 bits per heavy atom. The summed E-state index contributed by atoms with van der Waals surface area (Å²) in [5.41, 5.74) is 6.94. The molecule has 20 heavy (non-hydrogen) atoms. The molecule has 4 aromatic rings. The highest BCUT2D eigenvalue weighted by atomic mass is 15.2. The summed E-state index contributed by atoms with van der Waals surface area (Å²) in [4.78, 5) is 4.75. The first-order valence-corrected chi connectivity index (χ1v) is 6.85. The standard InChI is InChI=1S/C17H15N3/c1-10-8-16-17-13-6-4-5-7-14(13)18-15(17)9-11(2)20(16)19-12(10)3/h4-9H,1-3H3/p+1. The van der Waals surface area contributed by atoms with Crippen LogP contribution in [0.1, 0.15) is 17.0 Å². The van der Waals surface area contributed by atoms with Crippen molar-refractivity contribution >= 4 is 27.3 Å². The number of hydrogen-bond donors (Lipinski definition) is 1. The van der Waals surface area contributed by atoms with Gasteiger partial charge in [0.1, 0.15) is 0 Å². The minimum atomic E-state index is 1.06. The van der Waals surface area contributed by atoms with Gasteiger partial charge < -0.3 is 0 Å². The van der Waals surface area contributed by atoms with Crippen molar-refractivity contribution in [1.82, 2.24) is 10.1 Å². The number of pyridine rings is 1. The van der Waals surface area contributed by atoms with Crippen LogP contribution in [0, 0.1) is 20.8 Å². The number of nitrogens with zero attached hydrogens (tertiary/aromatic N) is 2. The number of H-pyrrole nitrogens is 1. The van der Waals surface area contributed by atoms with Crippen LogP contribution in [0.15, 0.2) is 36.4 Å². The minimum absolute atomic E-state index is 1.06. The zero-order chi connectivity index (χ0) is 13.9. The molecule has 0 aliphatic carbocycles. The Labute approximate surface area is 116 Å². The minimum Gasteiger partial charge on any atom is -0.247 e. The number of fused-ring (bicyclic) bond motifs is 5. The molecule has 98 valence electrons. The molecule has 0 bridgehead atoms. The molecule has 0 unspecified atom stereocenters. The summed E-state index contributed by atoms with van der Waals surface area (Å²) >= 11 is 0. The Morgan fingerprint density at radius 1 is 1.00 bits per heavy atom. The fourth-order valence-corrected chi connectivity index (χ4v) is 2.90. The van der Waals surface area contributed by atoms with Crippen LogP contribution >= 0.6 is 0 Å². The van der Waals surface area contributed by atoms with E-state index in [0.717, 1.165) is 11.0 Å². The van der Waals surface area contributed by atoms with E-state index in [1.165, 1.54) is 33.2 Å². The van der Waals surface area contributed by atoms with Crippen LogP contribution in [0.4, 0.5) is 0 Å². The van der Waals surface area contributed by atoms with Gasteiger partial charge in [-0.2, -0.15) is 5.10 Å². The smallest absolute Gasteiger partial charge is 0.246 e. The Kier molecular flexibility index (Phi) is 2.16. The Balaban J connectivity index is 2.35. The number of aromatic amines is 1. The van der Waals surface area contributed by atoms with Crippen LogP contribution < -0.4 is 4.52 Å². The van der Waals surface area contributed by atoms with Gasteiger partial charge in [-0.25, -0.2) is 4.98 Å². The van der Waals surface area contributed by atoms with Crippen LogP contribution in [0.5, 0.6) is 0 Å². The molecule has 0 fully saturated rings. The highest BCUT2D eigenvalue weighted by molar-refractivity contribution is 6.13. The average Bonchev–Trinajstić information content (AvgIpc) is 2.79. The first-order chi connectivity index (χ1) is 9.65. The normalized spacial score (nSPS) is 11.8. The summed E-state index contributed by atoms with van der Waals surface area (Å²) in [6, 6.07) is 12.7. The molecule has 0 saturated heterocycles. The van der Waals surface area contributed by atoms with E-state index in [-0.39, 0.29) is 0 Å². The highest BCUT2D eigenvalue weighted by Crippen LogP contribution is 2.28. The lowest BCUT2D eigenvalue weighted by atomic mass is 10.1. The van der Waals surface area contributed by atoms with Crippen LogP contribution in [0.3, 0.4) is 0 Å². The first kappa shape index (κ1) is 11.4. The van der Waals surface area contributed by atoms with Gasteiger partial charge in [0, 0.05) is 24.4 Å². The predicted molar refractivity (Wildman–Crippen MR) is 81.0 cm³/mol. The molecule has 0 saturated carbocycles. The van der Waals surface area contributed by atoms with Crippen molar-refractivity contribution in [2.75, 3.05) is 0 Å². The van der Waals surface area contributed by atoms with Crippen molar-refractivity contribution in [1.29, 1.82) is 0 Å². The van der Waals surface area contributed by atoms with Gasteiger partial charge in [-0.05, 0) is 25.5 Å². The Morgan fingerprint density at radius 2 is 1.80 bits per heavy atom. The van der Waals surface area contributed by atoms with E-state index in [1.807, 2.05) is 6.07 Å². The summed E-state index contributed by atoms with van der Waals surface area (Å²) in [6.45, 7) is 6.35. The third-order valence-corrected chi connectivity index (χ3v) is 4.09. The molecule has 3 aromatic heterocycles. The van der Waals surface area contributed by atoms with E-state index >= 15 is 0 Å². The molecule has 0 aliphatic rings. The molecule has 0 aliphatic heterocycles. The number of benzene rings is 1. The van der Waals surface area contributed by atoms with Crippen molar-refractivity contribution in [2.45, 2.75) is 20.8 Å². The van der Waals surface area contributed by atoms with Gasteiger partial charge in [0.2, 0.25) is 11.2 Å². The zero-order valence-electron chi connectivity index (χ0n) is 11.9. The monoisotopic (exact) mass is 262 g/mol. The molecule has 0 radical (unpaired) electrons. The third kappa shape index (κ3) is 1.40. The summed E-state index contributed by atoms with van der Waals surface area (Å²) in [5, 5.41) is 5.91. The molecular weight excluding hydrogens is 246 g/mol. The number of hydrogen-bond acceptors (Lipinski definition) is 1. The van der Waals surface area contributed by atoms with E-state index in [9.17, 15) is 0 Å². The molecule has 1 aromatic carbocycles. The maximum absolute atomic E-state index is 4.75. The van der Waals surface area contributed by atoms with Gasteiger partial charge in [0.15, 0.2) is 0 Å². The van der Waals surface area contributed by atoms with Crippen LogP contribution in [0.25, 0.3) is 27.3 Å². The van der Waals surface area contributed by atoms with E-state index in [0.29, 0.717) is 0 Å². The predicted octanol–water partition coefficient (Wildman–Crippen LogP) is 3.38. The molecule has 3 heteroatoms. The fraction of sp³-hybridized carbons (Fsp3) is 0.176. The Bertz CT molecular complexity index is 980. The second-order valence-electron chi connectivity index (χ2n) is 5.46. The number of rotatable bonds is 0. The van der Waals surface area contributed by atoms with Crippen LogP contribution in [-0.4, -0.2) is 10.1 Å². The summed E-state index contributed by atoms with van der Waals surface area (Å²) < 4.78 is 2.15. The van der Waals surface area contributed by atoms with Crippen molar-refractivity contribution in [3.8, 4) is 0 Å². The quantitative estimate of drug-likeness (QED) is 0.484. The summed E-state index contributed by atoms with van der Waals surface area (Å²) in [5.74, 6) is 0. The summed E-state index contributed by atoms with van der Waals surface area (Å²) in [7, 11) is 0. The Hall–Kier alpha value is -2.42. The third-order valence-electron chi connectivity index (χ3n) is 4.09. The SMILES string of the molecule is Cc1cc2c3c(cc(C)[n+]2[nH]c1C)nc1ccccc13. The average molecular weight is 262 g/mol. The van der Waals surface area contributed by atoms with E-state index in [4.69, 9.17) is 4.98 Å². The van der Waals surface area contributed by atoms with Gasteiger partial charge in [-0.1, -0.05) is 22.7 Å². The molecule has 0 amide bonds. The van der Waals surface area contributed by atoms with Crippen LogP contribution in [-0.2, 0) is 0 Å². The van der Waals surface area contributed by atoms with Gasteiger partial charge in [0.25, 0.3) is 0 Å². The largest absolute Gasteiger partial charge is 0.247 e. The zero-order valence-corrected chi connectivity index (χ0v) is 11.9. The number of aromatic nitrogens is 3. The van der Waals surface area contributed by atoms with E-state index in [2.05, 4.69) is 60.7 Å². The molecule has 4 rings (SSSR count). The molecule has 1 N–H and O–H groups in total. The van der Waals surface area contributed by atoms with E-state index < -0.39 is 0 Å². The lowest BCUT2D eigenvalue weighted by molar-refractivity contribution is -0.587. The number of aryl methyl sites for hydroxylation is 3. The van der Waals surface area contributed by atoms with Crippen molar-refractivity contribution < 1.29 is 4.52 Å². The second-order valence-corrected chi connectivity index (χ2v) is 5.46. The van der Waals surface area contributed by atoms with Crippen molar-refractivity contribution in [3.63, 3.8) is 0 Å². The lowest BCUT2D eigenvalue weighted by Gasteiger charge is -2.02. The first-order valence-electron chi connectivity index (χ1n) is 6.85. The van der Waals surface area contributed by atoms with Gasteiger partial charge in [-0.15, -0.1) is 0 Å². The van der Waals surface area contributed by atoms with Gasteiger partial charge in [-0.3, -0.25) is 0 Å². The van der Waals surface area contributed by atoms with Gasteiger partial charge in [0.05, 0.1) is 22.1 Å². The molecular formula is C17H16N3+. The fourth-order valence-electron chi connectivity index (χ4n) is 2.90. The number of para-hydroxylation sites is 1.